The molecule has 0 aliphatic rings. The molecule has 6 N–H and O–H groups in total. The van der Waals surface area contributed by atoms with Crippen LogP contribution in [0.5, 0.6) is 0 Å². The van der Waals surface area contributed by atoms with Crippen LogP contribution in [0.15, 0.2) is 0 Å². The number of rotatable bonds is 0. The molecule has 1 rings (SSSR count). The van der Waals surface area contributed by atoms with Crippen molar-refractivity contribution in [1.29, 1.82) is 0 Å². The molecule has 0 saturated heterocycles. The van der Waals surface area contributed by atoms with Crippen molar-refractivity contribution in [2.24, 2.45) is 0 Å². The van der Waals surface area contributed by atoms with Gasteiger partial charge < -0.3 is 17.3 Å². The Morgan fingerprint density at radius 3 is 2.55 bits per heavy atom. The Hall–Kier alpha value is -1.30. The summed E-state index contributed by atoms with van der Waals surface area (Å²) < 4.78 is 1.31. The summed E-state index contributed by atoms with van der Waals surface area (Å²) in [4.78, 5) is 3.78. The third-order valence-electron chi connectivity index (χ3n) is 1.45. The van der Waals surface area contributed by atoms with E-state index in [1.165, 1.54) is 0 Å². The van der Waals surface area contributed by atoms with Gasteiger partial charge in [0, 0.05) is 5.56 Å². The second-order valence-corrected chi connectivity index (χ2v) is 2.53. The number of aromatic nitrogens is 2. The van der Waals surface area contributed by atoms with Crippen LogP contribution < -0.4 is 17.3 Å². The van der Waals surface area contributed by atoms with Crippen LogP contribution in [-0.4, -0.2) is 9.66 Å². The molecule has 1 aromatic rings. The first kappa shape index (κ1) is 7.80. The second-order valence-electron chi connectivity index (χ2n) is 2.16. The first-order chi connectivity index (χ1) is 5.04. The first-order valence-electron chi connectivity index (χ1n) is 2.93. The summed E-state index contributed by atoms with van der Waals surface area (Å²) in [7, 11) is 0. The minimum atomic E-state index is 0.186. The van der Waals surface area contributed by atoms with E-state index in [2.05, 4.69) is 4.98 Å². The normalized spacial score (nSPS) is 9.91. The minimum absolute atomic E-state index is 0.186. The lowest BCUT2D eigenvalue weighted by atomic mass is 10.3. The van der Waals surface area contributed by atoms with Crippen molar-refractivity contribution < 1.29 is 0 Å². The zero-order valence-electron chi connectivity index (χ0n) is 6.03. The van der Waals surface area contributed by atoms with Crippen molar-refractivity contribution in [3.05, 3.63) is 10.3 Å². The van der Waals surface area contributed by atoms with Gasteiger partial charge in [0.05, 0.1) is 0 Å². The second kappa shape index (κ2) is 2.39. The number of nitrogens with two attached hydrogens (primary N) is 3. The molecule has 60 valence electrons. The lowest BCUT2D eigenvalue weighted by Gasteiger charge is -2.07. The molecule has 0 bridgehead atoms. The van der Waals surface area contributed by atoms with Gasteiger partial charge in [-0.25, -0.2) is 9.66 Å². The molecule has 1 aromatic heterocycles. The van der Waals surface area contributed by atoms with E-state index >= 15 is 0 Å². The lowest BCUT2D eigenvalue weighted by Crippen LogP contribution is -2.19. The van der Waals surface area contributed by atoms with E-state index in [0.717, 1.165) is 4.68 Å². The van der Waals surface area contributed by atoms with Crippen molar-refractivity contribution in [3.8, 4) is 0 Å². The maximum atomic E-state index is 5.53. The lowest BCUT2D eigenvalue weighted by molar-refractivity contribution is 0.917. The molecule has 0 radical (unpaired) electrons. The summed E-state index contributed by atoms with van der Waals surface area (Å²) in [5.74, 6) is 6.10. The van der Waals surface area contributed by atoms with Crippen molar-refractivity contribution in [1.82, 2.24) is 9.66 Å². The Labute approximate surface area is 68.8 Å². The van der Waals surface area contributed by atoms with E-state index in [0.29, 0.717) is 17.2 Å². The van der Waals surface area contributed by atoms with Gasteiger partial charge >= 0.3 is 0 Å². The van der Waals surface area contributed by atoms with E-state index < -0.39 is 0 Å². The first-order valence-corrected chi connectivity index (χ1v) is 3.34. The van der Waals surface area contributed by atoms with Crippen LogP contribution in [0, 0.1) is 11.7 Å². The predicted molar refractivity (Wildman–Crippen MR) is 46.8 cm³/mol. The smallest absolute Gasteiger partial charge is 0.221 e. The summed E-state index contributed by atoms with van der Waals surface area (Å²) >= 11 is 4.75. The van der Waals surface area contributed by atoms with Gasteiger partial charge in [0.1, 0.15) is 11.6 Å². The highest BCUT2D eigenvalue weighted by atomic mass is 32.1. The Morgan fingerprint density at radius 2 is 2.00 bits per heavy atom. The van der Waals surface area contributed by atoms with Crippen LogP contribution in [0.4, 0.5) is 11.6 Å². The number of hydrogen-bond donors (Lipinski definition) is 3. The average Bonchev–Trinajstić information content (AvgIpc) is 1.97. The van der Waals surface area contributed by atoms with Crippen LogP contribution in [0.2, 0.25) is 0 Å². The average molecular weight is 171 g/mol. The molecular weight excluding hydrogens is 162 g/mol. The van der Waals surface area contributed by atoms with Gasteiger partial charge in [-0.05, 0) is 19.1 Å². The Kier molecular flexibility index (Phi) is 1.69. The highest BCUT2D eigenvalue weighted by Gasteiger charge is 2.03. The van der Waals surface area contributed by atoms with E-state index in [1.54, 1.807) is 6.92 Å². The van der Waals surface area contributed by atoms with Gasteiger partial charge in [0.25, 0.3) is 0 Å². The monoisotopic (exact) mass is 171 g/mol. The third kappa shape index (κ3) is 1.12. The number of nitrogens with zero attached hydrogens (tertiary/aromatic N) is 2. The van der Waals surface area contributed by atoms with Gasteiger partial charge in [-0.15, -0.1) is 0 Å². The fraction of sp³-hybridized carbons (Fsp3) is 0.200. The molecule has 11 heavy (non-hydrogen) atoms. The van der Waals surface area contributed by atoms with Crippen LogP contribution in [-0.2, 0) is 0 Å². The predicted octanol–water partition coefficient (Wildman–Crippen LogP) is -0.201. The number of nitrogen functional groups attached to an aromatic ring is 3. The topological polar surface area (TPSA) is 95.9 Å². The molecule has 0 spiro atoms. The summed E-state index contributed by atoms with van der Waals surface area (Å²) in [5.41, 5.74) is 11.7. The van der Waals surface area contributed by atoms with Gasteiger partial charge in [-0.1, -0.05) is 0 Å². The van der Waals surface area contributed by atoms with Gasteiger partial charge in [0.2, 0.25) is 4.77 Å². The molecule has 5 nitrogen and oxygen atoms in total. The highest BCUT2D eigenvalue weighted by molar-refractivity contribution is 7.71. The molecule has 0 atom stereocenters. The fourth-order valence-electron chi connectivity index (χ4n) is 0.656. The molecule has 0 aliphatic carbocycles. The molecule has 0 unspecified atom stereocenters. The zero-order valence-corrected chi connectivity index (χ0v) is 6.85. The van der Waals surface area contributed by atoms with E-state index in [9.17, 15) is 0 Å². The SMILES string of the molecule is Cc1c(N)nc(=S)n(N)c1N. The maximum absolute atomic E-state index is 5.53. The van der Waals surface area contributed by atoms with Crippen molar-refractivity contribution in [2.45, 2.75) is 6.92 Å². The fourth-order valence-corrected chi connectivity index (χ4v) is 0.852. The molecule has 0 amide bonds. The van der Waals surface area contributed by atoms with E-state index in [1.807, 2.05) is 0 Å². The van der Waals surface area contributed by atoms with Crippen LogP contribution in [0.25, 0.3) is 0 Å². The molecule has 1 heterocycles. The standard InChI is InChI=1S/C5H9N5S/c1-2-3(6)9-5(11)10(8)4(2)7/h7-8H2,1H3,(H2,6,9,11). The molecule has 0 aromatic carbocycles. The highest BCUT2D eigenvalue weighted by Crippen LogP contribution is 2.13. The van der Waals surface area contributed by atoms with E-state index in [4.69, 9.17) is 29.5 Å². The molecule has 0 saturated carbocycles. The maximum Gasteiger partial charge on any atom is 0.221 e. The summed E-state index contributed by atoms with van der Waals surface area (Å²) in [5, 5.41) is 0. The Morgan fingerprint density at radius 1 is 1.45 bits per heavy atom. The van der Waals surface area contributed by atoms with Crippen molar-refractivity contribution in [3.63, 3.8) is 0 Å². The quantitative estimate of drug-likeness (QED) is 0.371. The number of hydrogen-bond acceptors (Lipinski definition) is 5. The summed E-state index contributed by atoms with van der Waals surface area (Å²) in [6.07, 6.45) is 0. The molecule has 6 heteroatoms. The van der Waals surface area contributed by atoms with Crippen LogP contribution in [0.1, 0.15) is 5.56 Å². The van der Waals surface area contributed by atoms with Crippen molar-refractivity contribution >= 4 is 23.9 Å². The summed E-state index contributed by atoms with van der Waals surface area (Å²) in [6, 6.07) is 0. The van der Waals surface area contributed by atoms with Gasteiger partial charge in [0.15, 0.2) is 0 Å². The third-order valence-corrected chi connectivity index (χ3v) is 1.74. The largest absolute Gasteiger partial charge is 0.383 e. The number of anilines is 2. The van der Waals surface area contributed by atoms with Gasteiger partial charge in [-0.2, -0.15) is 0 Å². The molecule has 0 fully saturated rings. The summed E-state index contributed by atoms with van der Waals surface area (Å²) in [6.45, 7) is 1.73. The van der Waals surface area contributed by atoms with Crippen LogP contribution in [0.3, 0.4) is 0 Å². The van der Waals surface area contributed by atoms with E-state index in [-0.39, 0.29) is 4.77 Å². The Balaban J connectivity index is 3.59. The van der Waals surface area contributed by atoms with Gasteiger partial charge in [-0.3, -0.25) is 0 Å². The van der Waals surface area contributed by atoms with Crippen LogP contribution >= 0.6 is 12.2 Å². The Bertz CT molecular complexity index is 341. The van der Waals surface area contributed by atoms with Crippen molar-refractivity contribution in [2.75, 3.05) is 17.3 Å². The molecular formula is C5H9N5S. The molecule has 0 aliphatic heterocycles. The minimum Gasteiger partial charge on any atom is -0.383 e. The zero-order chi connectivity index (χ0) is 8.59.